The van der Waals surface area contributed by atoms with E-state index in [-0.39, 0.29) is 0 Å². The van der Waals surface area contributed by atoms with Gasteiger partial charge in [0.2, 0.25) is 0 Å². The summed E-state index contributed by atoms with van der Waals surface area (Å²) in [5.41, 5.74) is 7.81. The van der Waals surface area contributed by atoms with E-state index in [1.54, 1.807) is 0 Å². The van der Waals surface area contributed by atoms with Crippen LogP contribution in [-0.2, 0) is 15.9 Å². The Hall–Kier alpha value is -1.06. The van der Waals surface area contributed by atoms with Crippen molar-refractivity contribution in [3.63, 3.8) is 0 Å². The summed E-state index contributed by atoms with van der Waals surface area (Å²) in [6, 6.07) is 8.01. The fraction of sp³-hybridized carbons (Fsp3) is 0.571. The number of aryl methyl sites for hydroxylation is 1. The van der Waals surface area contributed by atoms with Crippen LogP contribution in [0.5, 0.6) is 0 Å². The number of rotatable bonds is 9. The molecule has 0 aliphatic carbocycles. The highest BCUT2D eigenvalue weighted by Gasteiger charge is 1.94. The Labute approximate surface area is 104 Å². The van der Waals surface area contributed by atoms with Gasteiger partial charge < -0.3 is 15.2 Å². The first-order valence-electron chi connectivity index (χ1n) is 6.33. The molecule has 0 radical (unpaired) electrons. The molecule has 0 amide bonds. The molecule has 2 N–H and O–H groups in total. The van der Waals surface area contributed by atoms with Gasteiger partial charge in [-0.3, -0.25) is 0 Å². The molecule has 17 heavy (non-hydrogen) atoms. The van der Waals surface area contributed by atoms with Gasteiger partial charge in [0.05, 0.1) is 13.2 Å². The lowest BCUT2D eigenvalue weighted by atomic mass is 10.1. The summed E-state index contributed by atoms with van der Waals surface area (Å²) in [4.78, 5) is 0. The van der Waals surface area contributed by atoms with E-state index in [1.807, 2.05) is 18.2 Å². The van der Waals surface area contributed by atoms with Crippen LogP contribution in [0, 0.1) is 0 Å². The largest absolute Gasteiger partial charge is 0.399 e. The van der Waals surface area contributed by atoms with E-state index in [1.165, 1.54) is 5.56 Å². The summed E-state index contributed by atoms with van der Waals surface area (Å²) in [6.45, 7) is 5.10. The molecule has 0 aliphatic heterocycles. The highest BCUT2D eigenvalue weighted by molar-refractivity contribution is 5.40. The number of hydrogen-bond donors (Lipinski definition) is 1. The van der Waals surface area contributed by atoms with Gasteiger partial charge in [-0.15, -0.1) is 0 Å². The molecule has 1 rings (SSSR count). The van der Waals surface area contributed by atoms with E-state index in [0.29, 0.717) is 13.2 Å². The van der Waals surface area contributed by atoms with Crippen molar-refractivity contribution in [2.24, 2.45) is 0 Å². The molecule has 0 aromatic heterocycles. The Morgan fingerprint density at radius 2 is 1.82 bits per heavy atom. The van der Waals surface area contributed by atoms with Gasteiger partial charge in [-0.05, 0) is 37.0 Å². The number of nitrogen functional groups attached to an aromatic ring is 1. The molecule has 0 fully saturated rings. The van der Waals surface area contributed by atoms with E-state index in [0.717, 1.165) is 38.2 Å². The third kappa shape index (κ3) is 6.97. The molecule has 0 bridgehead atoms. The van der Waals surface area contributed by atoms with Crippen molar-refractivity contribution in [3.05, 3.63) is 29.8 Å². The van der Waals surface area contributed by atoms with Crippen LogP contribution in [0.3, 0.4) is 0 Å². The molecule has 0 atom stereocenters. The van der Waals surface area contributed by atoms with E-state index < -0.39 is 0 Å². The maximum absolute atomic E-state index is 5.71. The van der Waals surface area contributed by atoms with Gasteiger partial charge in [-0.2, -0.15) is 0 Å². The van der Waals surface area contributed by atoms with Crippen molar-refractivity contribution in [2.75, 3.05) is 32.2 Å². The zero-order valence-electron chi connectivity index (χ0n) is 10.7. The highest BCUT2D eigenvalue weighted by atomic mass is 16.5. The van der Waals surface area contributed by atoms with Crippen molar-refractivity contribution in [2.45, 2.75) is 26.2 Å². The van der Waals surface area contributed by atoms with Gasteiger partial charge in [-0.25, -0.2) is 0 Å². The van der Waals surface area contributed by atoms with Gasteiger partial charge in [-0.1, -0.05) is 19.1 Å². The van der Waals surface area contributed by atoms with Crippen LogP contribution in [0.25, 0.3) is 0 Å². The Bertz CT molecular complexity index is 302. The minimum atomic E-state index is 0.691. The predicted octanol–water partition coefficient (Wildman–Crippen LogP) is 2.64. The summed E-state index contributed by atoms with van der Waals surface area (Å²) in [5.74, 6) is 0. The number of nitrogens with two attached hydrogens (primary N) is 1. The lowest BCUT2D eigenvalue weighted by Gasteiger charge is -2.05. The number of anilines is 1. The van der Waals surface area contributed by atoms with Crippen LogP contribution in [0.2, 0.25) is 0 Å². The molecule has 1 aromatic rings. The van der Waals surface area contributed by atoms with Crippen LogP contribution in [0.15, 0.2) is 24.3 Å². The fourth-order valence-electron chi connectivity index (χ4n) is 1.59. The molecule has 3 nitrogen and oxygen atoms in total. The monoisotopic (exact) mass is 237 g/mol. The lowest BCUT2D eigenvalue weighted by Crippen LogP contribution is -2.06. The second-order valence-corrected chi connectivity index (χ2v) is 4.07. The fourth-order valence-corrected chi connectivity index (χ4v) is 1.59. The predicted molar refractivity (Wildman–Crippen MR) is 71.1 cm³/mol. The lowest BCUT2D eigenvalue weighted by molar-refractivity contribution is 0.0472. The molecule has 3 heteroatoms. The molecule has 0 unspecified atom stereocenters. The maximum Gasteiger partial charge on any atom is 0.0700 e. The third-order valence-corrected chi connectivity index (χ3v) is 2.43. The Morgan fingerprint density at radius 1 is 1.06 bits per heavy atom. The van der Waals surface area contributed by atoms with Crippen LogP contribution < -0.4 is 5.73 Å². The van der Waals surface area contributed by atoms with Crippen molar-refractivity contribution >= 4 is 5.69 Å². The van der Waals surface area contributed by atoms with Crippen molar-refractivity contribution in [1.29, 1.82) is 0 Å². The summed E-state index contributed by atoms with van der Waals surface area (Å²) in [6.07, 6.45) is 3.10. The van der Waals surface area contributed by atoms with Gasteiger partial charge >= 0.3 is 0 Å². The molecule has 0 spiro atoms. The summed E-state index contributed by atoms with van der Waals surface area (Å²) < 4.78 is 10.8. The van der Waals surface area contributed by atoms with E-state index >= 15 is 0 Å². The quantitative estimate of drug-likeness (QED) is 0.530. The maximum atomic E-state index is 5.71. The van der Waals surface area contributed by atoms with E-state index in [4.69, 9.17) is 15.2 Å². The minimum absolute atomic E-state index is 0.691. The summed E-state index contributed by atoms with van der Waals surface area (Å²) >= 11 is 0. The highest BCUT2D eigenvalue weighted by Crippen LogP contribution is 2.08. The van der Waals surface area contributed by atoms with Crippen LogP contribution in [0.1, 0.15) is 25.3 Å². The number of ether oxygens (including phenoxy) is 2. The first-order chi connectivity index (χ1) is 8.33. The summed E-state index contributed by atoms with van der Waals surface area (Å²) in [7, 11) is 0. The molecular formula is C14H23NO2. The van der Waals surface area contributed by atoms with Gasteiger partial charge in [0.25, 0.3) is 0 Å². The normalized spacial score (nSPS) is 10.6. The SMILES string of the molecule is CCCOCCOCCCc1cccc(N)c1. The van der Waals surface area contributed by atoms with Crippen molar-refractivity contribution in [3.8, 4) is 0 Å². The second kappa shape index (κ2) is 9.02. The van der Waals surface area contributed by atoms with Crippen LogP contribution in [0.4, 0.5) is 5.69 Å². The zero-order chi connectivity index (χ0) is 12.3. The van der Waals surface area contributed by atoms with Crippen LogP contribution in [-0.4, -0.2) is 26.4 Å². The topological polar surface area (TPSA) is 44.5 Å². The van der Waals surface area contributed by atoms with Gasteiger partial charge in [0.1, 0.15) is 0 Å². The molecule has 0 heterocycles. The van der Waals surface area contributed by atoms with Crippen molar-refractivity contribution in [1.82, 2.24) is 0 Å². The third-order valence-electron chi connectivity index (χ3n) is 2.43. The average Bonchev–Trinajstić information content (AvgIpc) is 2.33. The smallest absolute Gasteiger partial charge is 0.0700 e. The first kappa shape index (κ1) is 14.0. The van der Waals surface area contributed by atoms with E-state index in [2.05, 4.69) is 13.0 Å². The van der Waals surface area contributed by atoms with Crippen LogP contribution >= 0.6 is 0 Å². The molecule has 1 aromatic carbocycles. The zero-order valence-corrected chi connectivity index (χ0v) is 10.7. The second-order valence-electron chi connectivity index (χ2n) is 4.07. The molecule has 0 saturated carbocycles. The number of hydrogen-bond acceptors (Lipinski definition) is 3. The molecule has 96 valence electrons. The molecular weight excluding hydrogens is 214 g/mol. The standard InChI is InChI=1S/C14H23NO2/c1-2-8-16-10-11-17-9-4-6-13-5-3-7-14(15)12-13/h3,5,7,12H,2,4,6,8-11,15H2,1H3. The first-order valence-corrected chi connectivity index (χ1v) is 6.33. The van der Waals surface area contributed by atoms with Gasteiger partial charge in [0.15, 0.2) is 0 Å². The number of benzene rings is 1. The molecule has 0 saturated heterocycles. The Morgan fingerprint density at radius 3 is 2.53 bits per heavy atom. The van der Waals surface area contributed by atoms with E-state index in [9.17, 15) is 0 Å². The minimum Gasteiger partial charge on any atom is -0.399 e. The Balaban J connectivity index is 1.97. The van der Waals surface area contributed by atoms with Crippen molar-refractivity contribution < 1.29 is 9.47 Å². The summed E-state index contributed by atoms with van der Waals surface area (Å²) in [5, 5.41) is 0. The molecule has 0 aliphatic rings. The Kier molecular flexibility index (Phi) is 7.43. The average molecular weight is 237 g/mol. The van der Waals surface area contributed by atoms with Gasteiger partial charge in [0, 0.05) is 18.9 Å².